The van der Waals surface area contributed by atoms with Crippen LogP contribution < -0.4 is 5.73 Å². The van der Waals surface area contributed by atoms with Crippen LogP contribution in [0.4, 0.5) is 0 Å². The molecule has 0 radical (unpaired) electrons. The maximum atomic E-state index is 6.53. The molecule has 2 unspecified atom stereocenters. The van der Waals surface area contributed by atoms with Gasteiger partial charge in [0.1, 0.15) is 0 Å². The minimum Gasteiger partial charge on any atom is -0.376 e. The van der Waals surface area contributed by atoms with Crippen molar-refractivity contribution < 1.29 is 4.74 Å². The molecule has 106 valence electrons. The molecule has 2 nitrogen and oxygen atoms in total. The van der Waals surface area contributed by atoms with Crippen molar-refractivity contribution in [2.45, 2.75) is 66.0 Å². The normalized spacial score (nSPS) is 21.5. The van der Waals surface area contributed by atoms with Crippen molar-refractivity contribution in [2.24, 2.45) is 5.73 Å². The number of rotatable bonds is 2. The largest absolute Gasteiger partial charge is 0.376 e. The zero-order chi connectivity index (χ0) is 14.2. The number of nitrogens with two attached hydrogens (primary N) is 1. The SMILES string of the molecule is Cc1c(C)c(C)c(C(N)C2CCCCO2)c(C)c1C. The lowest BCUT2D eigenvalue weighted by Gasteiger charge is -2.31. The van der Waals surface area contributed by atoms with Crippen LogP contribution in [0.2, 0.25) is 0 Å². The van der Waals surface area contributed by atoms with E-state index in [4.69, 9.17) is 10.5 Å². The Morgan fingerprint density at radius 1 is 0.895 bits per heavy atom. The van der Waals surface area contributed by atoms with Gasteiger partial charge in [0.25, 0.3) is 0 Å². The Balaban J connectivity index is 2.43. The highest BCUT2D eigenvalue weighted by Gasteiger charge is 2.26. The van der Waals surface area contributed by atoms with Gasteiger partial charge in [-0.05, 0) is 87.3 Å². The van der Waals surface area contributed by atoms with E-state index in [1.807, 2.05) is 0 Å². The predicted octanol–water partition coefficient (Wildman–Crippen LogP) is 3.80. The Kier molecular flexibility index (Phi) is 4.32. The minimum absolute atomic E-state index is 0.0123. The van der Waals surface area contributed by atoms with Crippen LogP contribution in [0.1, 0.15) is 58.7 Å². The van der Waals surface area contributed by atoms with Crippen molar-refractivity contribution in [3.8, 4) is 0 Å². The fourth-order valence-electron chi connectivity index (χ4n) is 3.26. The second-order valence-corrected chi connectivity index (χ2v) is 5.97. The van der Waals surface area contributed by atoms with Crippen molar-refractivity contribution in [1.29, 1.82) is 0 Å². The zero-order valence-corrected chi connectivity index (χ0v) is 13.0. The molecule has 0 spiro atoms. The van der Waals surface area contributed by atoms with Crippen LogP contribution in [0, 0.1) is 34.6 Å². The van der Waals surface area contributed by atoms with Crippen LogP contribution in [0.25, 0.3) is 0 Å². The smallest absolute Gasteiger partial charge is 0.0767 e. The highest BCUT2D eigenvalue weighted by Crippen LogP contribution is 2.33. The van der Waals surface area contributed by atoms with Crippen molar-refractivity contribution in [3.63, 3.8) is 0 Å². The molecule has 1 fully saturated rings. The molecule has 1 heterocycles. The van der Waals surface area contributed by atoms with E-state index in [0.29, 0.717) is 0 Å². The maximum absolute atomic E-state index is 6.53. The molecule has 0 bridgehead atoms. The van der Waals surface area contributed by atoms with Gasteiger partial charge in [0.05, 0.1) is 12.1 Å². The van der Waals surface area contributed by atoms with Gasteiger partial charge in [-0.2, -0.15) is 0 Å². The molecule has 2 heteroatoms. The summed E-state index contributed by atoms with van der Waals surface area (Å²) in [5.41, 5.74) is 14.7. The summed E-state index contributed by atoms with van der Waals surface area (Å²) < 4.78 is 5.89. The summed E-state index contributed by atoms with van der Waals surface area (Å²) in [6.07, 6.45) is 3.69. The Morgan fingerprint density at radius 2 is 1.42 bits per heavy atom. The lowest BCUT2D eigenvalue weighted by molar-refractivity contribution is -0.000238. The van der Waals surface area contributed by atoms with E-state index < -0.39 is 0 Å². The Bertz CT molecular complexity index is 444. The van der Waals surface area contributed by atoms with E-state index in [9.17, 15) is 0 Å². The van der Waals surface area contributed by atoms with Crippen molar-refractivity contribution in [1.82, 2.24) is 0 Å². The van der Waals surface area contributed by atoms with Gasteiger partial charge in [0, 0.05) is 6.61 Å². The zero-order valence-electron chi connectivity index (χ0n) is 13.0. The Labute approximate surface area is 117 Å². The third kappa shape index (κ3) is 2.56. The van der Waals surface area contributed by atoms with E-state index in [0.717, 1.165) is 13.0 Å². The first-order valence-electron chi connectivity index (χ1n) is 7.39. The quantitative estimate of drug-likeness (QED) is 0.879. The third-order valence-corrected chi connectivity index (χ3v) is 5.01. The molecule has 1 aliphatic heterocycles. The van der Waals surface area contributed by atoms with Gasteiger partial charge in [-0.25, -0.2) is 0 Å². The van der Waals surface area contributed by atoms with Crippen LogP contribution in [0.5, 0.6) is 0 Å². The monoisotopic (exact) mass is 261 g/mol. The average Bonchev–Trinajstić information content (AvgIpc) is 2.44. The third-order valence-electron chi connectivity index (χ3n) is 5.01. The van der Waals surface area contributed by atoms with E-state index in [1.165, 1.54) is 46.2 Å². The molecule has 2 atom stereocenters. The van der Waals surface area contributed by atoms with Crippen molar-refractivity contribution in [2.75, 3.05) is 6.61 Å². The number of ether oxygens (including phenoxy) is 1. The lowest BCUT2D eigenvalue weighted by atomic mass is 9.84. The molecular weight excluding hydrogens is 234 g/mol. The van der Waals surface area contributed by atoms with Crippen LogP contribution >= 0.6 is 0 Å². The number of hydrogen-bond acceptors (Lipinski definition) is 2. The fraction of sp³-hybridized carbons (Fsp3) is 0.647. The molecule has 0 aliphatic carbocycles. The summed E-state index contributed by atoms with van der Waals surface area (Å²) in [7, 11) is 0. The van der Waals surface area contributed by atoms with Crippen LogP contribution in [0.15, 0.2) is 0 Å². The topological polar surface area (TPSA) is 35.2 Å². The second-order valence-electron chi connectivity index (χ2n) is 5.97. The van der Waals surface area contributed by atoms with Crippen LogP contribution in [0.3, 0.4) is 0 Å². The molecule has 1 aromatic carbocycles. The first kappa shape index (κ1) is 14.5. The Morgan fingerprint density at radius 3 is 1.89 bits per heavy atom. The minimum atomic E-state index is 0.0123. The van der Waals surface area contributed by atoms with Crippen LogP contribution in [-0.2, 0) is 4.74 Å². The molecule has 2 rings (SSSR count). The molecule has 1 aromatic rings. The molecule has 19 heavy (non-hydrogen) atoms. The molecule has 1 aliphatic rings. The lowest BCUT2D eigenvalue weighted by Crippen LogP contribution is -2.33. The van der Waals surface area contributed by atoms with Gasteiger partial charge in [-0.1, -0.05) is 0 Å². The van der Waals surface area contributed by atoms with Crippen molar-refractivity contribution >= 4 is 0 Å². The van der Waals surface area contributed by atoms with Gasteiger partial charge in [0.15, 0.2) is 0 Å². The van der Waals surface area contributed by atoms with Gasteiger partial charge in [-0.3, -0.25) is 0 Å². The summed E-state index contributed by atoms with van der Waals surface area (Å²) in [6.45, 7) is 11.9. The first-order valence-corrected chi connectivity index (χ1v) is 7.39. The molecule has 2 N–H and O–H groups in total. The van der Waals surface area contributed by atoms with Crippen LogP contribution in [-0.4, -0.2) is 12.7 Å². The molecule has 1 saturated heterocycles. The van der Waals surface area contributed by atoms with Gasteiger partial charge >= 0.3 is 0 Å². The standard InChI is InChI=1S/C17H27NO/c1-10-11(2)13(4)16(14(5)12(10)3)17(18)15-8-6-7-9-19-15/h15,17H,6-9,18H2,1-5H3. The summed E-state index contributed by atoms with van der Waals surface area (Å²) in [5, 5.41) is 0. The first-order chi connectivity index (χ1) is 8.95. The summed E-state index contributed by atoms with van der Waals surface area (Å²) >= 11 is 0. The van der Waals surface area contributed by atoms with Crippen molar-refractivity contribution in [3.05, 3.63) is 33.4 Å². The number of benzene rings is 1. The van der Waals surface area contributed by atoms with E-state index in [1.54, 1.807) is 0 Å². The van der Waals surface area contributed by atoms with E-state index >= 15 is 0 Å². The predicted molar refractivity (Wildman–Crippen MR) is 80.6 cm³/mol. The molecule has 0 aromatic heterocycles. The molecular formula is C17H27NO. The molecule has 0 saturated carbocycles. The summed E-state index contributed by atoms with van der Waals surface area (Å²) in [6, 6.07) is 0.0123. The highest BCUT2D eigenvalue weighted by atomic mass is 16.5. The van der Waals surface area contributed by atoms with Gasteiger partial charge in [-0.15, -0.1) is 0 Å². The van der Waals surface area contributed by atoms with Gasteiger partial charge in [0.2, 0.25) is 0 Å². The maximum Gasteiger partial charge on any atom is 0.0767 e. The summed E-state index contributed by atoms with van der Waals surface area (Å²) in [4.78, 5) is 0. The molecule has 0 amide bonds. The van der Waals surface area contributed by atoms with E-state index in [2.05, 4.69) is 34.6 Å². The summed E-state index contributed by atoms with van der Waals surface area (Å²) in [5.74, 6) is 0. The second kappa shape index (κ2) is 5.64. The Hall–Kier alpha value is -0.860. The van der Waals surface area contributed by atoms with Gasteiger partial charge < -0.3 is 10.5 Å². The van der Waals surface area contributed by atoms with E-state index in [-0.39, 0.29) is 12.1 Å². The number of hydrogen-bond donors (Lipinski definition) is 1. The fourth-order valence-corrected chi connectivity index (χ4v) is 3.26. The average molecular weight is 261 g/mol. The highest BCUT2D eigenvalue weighted by molar-refractivity contribution is 5.50.